The summed E-state index contributed by atoms with van der Waals surface area (Å²) >= 11 is 0. The Labute approximate surface area is 133 Å². The van der Waals surface area contributed by atoms with Crippen molar-refractivity contribution in [1.82, 2.24) is 14.8 Å². The van der Waals surface area contributed by atoms with Crippen molar-refractivity contribution >= 4 is 11.9 Å². The lowest BCUT2D eigenvalue weighted by Gasteiger charge is -2.28. The standard InChI is InChI=1S/C16H17FN4O2/c1-9(2)23-15(22)13-10(3)20-16-18-8-19-21(16)14(13)11-6-4-5-7-12(11)17/h4-9,14H,1-3H3,(H,18,19,20)/t14-/m1/s1. The van der Waals surface area contributed by atoms with E-state index in [0.29, 0.717) is 22.8 Å². The van der Waals surface area contributed by atoms with Gasteiger partial charge in [-0.1, -0.05) is 18.2 Å². The third-order valence-corrected chi connectivity index (χ3v) is 3.56. The maximum absolute atomic E-state index is 14.3. The summed E-state index contributed by atoms with van der Waals surface area (Å²) in [5.41, 5.74) is 1.24. The molecule has 1 aliphatic heterocycles. The first-order valence-electron chi connectivity index (χ1n) is 7.31. The fourth-order valence-corrected chi connectivity index (χ4v) is 2.62. The number of fused-ring (bicyclic) bond motifs is 1. The maximum Gasteiger partial charge on any atom is 0.338 e. The molecule has 0 saturated carbocycles. The summed E-state index contributed by atoms with van der Waals surface area (Å²) in [5, 5.41) is 7.15. The average Bonchev–Trinajstić information content (AvgIpc) is 2.93. The van der Waals surface area contributed by atoms with Gasteiger partial charge >= 0.3 is 5.97 Å². The van der Waals surface area contributed by atoms with Gasteiger partial charge in [0.1, 0.15) is 18.2 Å². The smallest absolute Gasteiger partial charge is 0.338 e. The highest BCUT2D eigenvalue weighted by molar-refractivity contribution is 5.92. The predicted octanol–water partition coefficient (Wildman–Crippen LogP) is 2.66. The second kappa shape index (κ2) is 5.83. The van der Waals surface area contributed by atoms with E-state index in [9.17, 15) is 9.18 Å². The van der Waals surface area contributed by atoms with Gasteiger partial charge < -0.3 is 10.1 Å². The Morgan fingerprint density at radius 2 is 2.13 bits per heavy atom. The molecule has 0 aliphatic carbocycles. The first-order valence-corrected chi connectivity index (χ1v) is 7.31. The van der Waals surface area contributed by atoms with E-state index in [-0.39, 0.29) is 6.10 Å². The summed E-state index contributed by atoms with van der Waals surface area (Å²) in [7, 11) is 0. The lowest BCUT2D eigenvalue weighted by atomic mass is 9.95. The number of nitrogens with one attached hydrogen (secondary N) is 1. The zero-order valence-electron chi connectivity index (χ0n) is 13.1. The van der Waals surface area contributed by atoms with Crippen molar-refractivity contribution < 1.29 is 13.9 Å². The number of hydrogen-bond acceptors (Lipinski definition) is 5. The lowest BCUT2D eigenvalue weighted by molar-refractivity contribution is -0.143. The normalized spacial score (nSPS) is 17.0. The number of aromatic nitrogens is 3. The number of benzene rings is 1. The van der Waals surface area contributed by atoms with Crippen LogP contribution in [0.4, 0.5) is 10.3 Å². The van der Waals surface area contributed by atoms with Gasteiger partial charge in [0, 0.05) is 11.3 Å². The van der Waals surface area contributed by atoms with E-state index < -0.39 is 17.8 Å². The highest BCUT2D eigenvalue weighted by Crippen LogP contribution is 2.36. The predicted molar refractivity (Wildman–Crippen MR) is 82.1 cm³/mol. The van der Waals surface area contributed by atoms with Crippen molar-refractivity contribution in [3.05, 3.63) is 53.2 Å². The third kappa shape index (κ3) is 2.69. The van der Waals surface area contributed by atoms with E-state index in [1.807, 2.05) is 0 Å². The van der Waals surface area contributed by atoms with Crippen LogP contribution < -0.4 is 5.32 Å². The number of halogens is 1. The molecule has 1 N–H and O–H groups in total. The number of allylic oxidation sites excluding steroid dienone is 1. The fourth-order valence-electron chi connectivity index (χ4n) is 2.62. The second-order valence-corrected chi connectivity index (χ2v) is 5.57. The van der Waals surface area contributed by atoms with Gasteiger partial charge in [-0.3, -0.25) is 0 Å². The minimum atomic E-state index is -0.721. The molecule has 2 heterocycles. The highest BCUT2D eigenvalue weighted by Gasteiger charge is 2.35. The van der Waals surface area contributed by atoms with Gasteiger partial charge in [-0.15, -0.1) is 0 Å². The van der Waals surface area contributed by atoms with Crippen LogP contribution in [-0.2, 0) is 9.53 Å². The summed E-state index contributed by atoms with van der Waals surface area (Å²) in [6, 6.07) is 5.59. The van der Waals surface area contributed by atoms with Crippen LogP contribution in [0.2, 0.25) is 0 Å². The lowest BCUT2D eigenvalue weighted by Crippen LogP contribution is -2.31. The molecule has 2 aromatic rings. The zero-order chi connectivity index (χ0) is 16.6. The van der Waals surface area contributed by atoms with Gasteiger partial charge in [0.15, 0.2) is 0 Å². The van der Waals surface area contributed by atoms with Crippen LogP contribution in [0, 0.1) is 5.82 Å². The Morgan fingerprint density at radius 3 is 2.83 bits per heavy atom. The van der Waals surface area contributed by atoms with Crippen LogP contribution in [0.15, 0.2) is 41.9 Å². The largest absolute Gasteiger partial charge is 0.459 e. The number of esters is 1. The summed E-state index contributed by atoms with van der Waals surface area (Å²) in [5.74, 6) is -0.459. The Morgan fingerprint density at radius 1 is 1.39 bits per heavy atom. The van der Waals surface area contributed by atoms with Crippen molar-refractivity contribution in [2.24, 2.45) is 0 Å². The van der Waals surface area contributed by atoms with Crippen molar-refractivity contribution in [2.45, 2.75) is 32.9 Å². The Kier molecular flexibility index (Phi) is 3.85. The van der Waals surface area contributed by atoms with E-state index >= 15 is 0 Å². The molecule has 0 bridgehead atoms. The molecule has 7 heteroatoms. The summed E-state index contributed by atoms with van der Waals surface area (Å²) in [4.78, 5) is 16.6. The maximum atomic E-state index is 14.3. The molecular weight excluding hydrogens is 299 g/mol. The Bertz CT molecular complexity index is 782. The summed E-state index contributed by atoms with van der Waals surface area (Å²) in [6.45, 7) is 5.27. The number of hydrogen-bond donors (Lipinski definition) is 1. The van der Waals surface area contributed by atoms with Crippen LogP contribution >= 0.6 is 0 Å². The number of carbonyl (C=O) groups is 1. The number of ether oxygens (including phenoxy) is 1. The summed E-state index contributed by atoms with van der Waals surface area (Å²) < 4.78 is 21.2. The SMILES string of the molecule is CC1=C(C(=O)OC(C)C)[C@@H](c2ccccc2F)n2ncnc2N1. The van der Waals surface area contributed by atoms with Gasteiger partial charge in [-0.25, -0.2) is 13.9 Å². The molecule has 0 radical (unpaired) electrons. The quantitative estimate of drug-likeness (QED) is 0.882. The van der Waals surface area contributed by atoms with Gasteiger partial charge in [0.25, 0.3) is 0 Å². The van der Waals surface area contributed by atoms with Crippen LogP contribution in [0.3, 0.4) is 0 Å². The van der Waals surface area contributed by atoms with Gasteiger partial charge in [-0.2, -0.15) is 10.1 Å². The topological polar surface area (TPSA) is 69.0 Å². The molecule has 1 aromatic heterocycles. The van der Waals surface area contributed by atoms with Crippen molar-refractivity contribution in [3.8, 4) is 0 Å². The van der Waals surface area contributed by atoms with Crippen molar-refractivity contribution in [3.63, 3.8) is 0 Å². The zero-order valence-corrected chi connectivity index (χ0v) is 13.1. The Hall–Kier alpha value is -2.70. The van der Waals surface area contributed by atoms with Crippen LogP contribution in [0.1, 0.15) is 32.4 Å². The molecule has 0 fully saturated rings. The van der Waals surface area contributed by atoms with Crippen LogP contribution in [-0.4, -0.2) is 26.8 Å². The molecule has 120 valence electrons. The number of carbonyl (C=O) groups excluding carboxylic acids is 1. The molecule has 1 atom stereocenters. The summed E-state index contributed by atoms with van der Waals surface area (Å²) in [6.07, 6.45) is 1.08. The van der Waals surface area contributed by atoms with Crippen molar-refractivity contribution in [2.75, 3.05) is 5.32 Å². The van der Waals surface area contributed by atoms with Crippen LogP contribution in [0.5, 0.6) is 0 Å². The minimum Gasteiger partial charge on any atom is -0.459 e. The van der Waals surface area contributed by atoms with Gasteiger partial charge in [0.2, 0.25) is 5.95 Å². The first-order chi connectivity index (χ1) is 11.0. The molecule has 6 nitrogen and oxygen atoms in total. The monoisotopic (exact) mass is 316 g/mol. The molecular formula is C16H17FN4O2. The molecule has 23 heavy (non-hydrogen) atoms. The molecule has 0 spiro atoms. The molecule has 0 amide bonds. The second-order valence-electron chi connectivity index (χ2n) is 5.57. The van der Waals surface area contributed by atoms with Crippen LogP contribution in [0.25, 0.3) is 0 Å². The minimum absolute atomic E-state index is 0.277. The molecule has 3 rings (SSSR count). The number of nitrogens with zero attached hydrogens (tertiary/aromatic N) is 3. The molecule has 0 saturated heterocycles. The van der Waals surface area contributed by atoms with E-state index in [0.717, 1.165) is 0 Å². The van der Waals surface area contributed by atoms with E-state index in [1.54, 1.807) is 39.0 Å². The third-order valence-electron chi connectivity index (χ3n) is 3.56. The molecule has 0 unspecified atom stereocenters. The van der Waals surface area contributed by atoms with Gasteiger partial charge in [0.05, 0.1) is 11.7 Å². The van der Waals surface area contributed by atoms with Crippen molar-refractivity contribution in [1.29, 1.82) is 0 Å². The average molecular weight is 316 g/mol. The van der Waals surface area contributed by atoms with E-state index in [2.05, 4.69) is 15.4 Å². The Balaban J connectivity index is 2.15. The number of rotatable bonds is 3. The molecule has 1 aliphatic rings. The number of anilines is 1. The molecule has 1 aromatic carbocycles. The van der Waals surface area contributed by atoms with E-state index in [4.69, 9.17) is 4.74 Å². The highest BCUT2D eigenvalue weighted by atomic mass is 19.1. The van der Waals surface area contributed by atoms with E-state index in [1.165, 1.54) is 17.1 Å². The fraction of sp³-hybridized carbons (Fsp3) is 0.312. The first kappa shape index (κ1) is 15.2. The van der Waals surface area contributed by atoms with Gasteiger partial charge in [-0.05, 0) is 26.8 Å².